The maximum atomic E-state index is 12.4. The highest BCUT2D eigenvalue weighted by Gasteiger charge is 2.19. The summed E-state index contributed by atoms with van der Waals surface area (Å²) in [7, 11) is -3.18. The van der Waals surface area contributed by atoms with Crippen LogP contribution in [-0.4, -0.2) is 51.8 Å². The van der Waals surface area contributed by atoms with Gasteiger partial charge in [0.25, 0.3) is 0 Å². The van der Waals surface area contributed by atoms with Gasteiger partial charge in [0.2, 0.25) is 0 Å². The molecule has 118 valence electrons. The largest absolute Gasteiger partial charge is 0.314 e. The van der Waals surface area contributed by atoms with Crippen molar-refractivity contribution in [3.05, 3.63) is 29.8 Å². The molecule has 0 saturated carbocycles. The van der Waals surface area contributed by atoms with Crippen molar-refractivity contribution in [2.45, 2.75) is 31.1 Å². The molecular weight excluding hydrogens is 284 g/mol. The second kappa shape index (κ2) is 6.46. The van der Waals surface area contributed by atoms with Crippen LogP contribution in [0.3, 0.4) is 0 Å². The molecule has 21 heavy (non-hydrogen) atoms. The predicted octanol–water partition coefficient (Wildman–Crippen LogP) is 1.66. The van der Waals surface area contributed by atoms with E-state index in [-0.39, 0.29) is 11.2 Å². The molecule has 1 aliphatic heterocycles. The van der Waals surface area contributed by atoms with Crippen molar-refractivity contribution in [1.82, 2.24) is 10.2 Å². The van der Waals surface area contributed by atoms with Gasteiger partial charge in [0, 0.05) is 32.7 Å². The van der Waals surface area contributed by atoms with Crippen LogP contribution in [-0.2, 0) is 15.3 Å². The number of hydrogen-bond donors (Lipinski definition) is 1. The summed E-state index contributed by atoms with van der Waals surface area (Å²) in [5.74, 6) is 0.196. The molecule has 0 bridgehead atoms. The zero-order chi connectivity index (χ0) is 15.5. The molecule has 0 aromatic heterocycles. The van der Waals surface area contributed by atoms with Gasteiger partial charge in [0.05, 0.1) is 10.6 Å². The summed E-state index contributed by atoms with van der Waals surface area (Å²) in [6, 6.07) is 7.34. The Hall–Kier alpha value is -0.910. The number of sulfone groups is 1. The molecule has 0 atom stereocenters. The van der Waals surface area contributed by atoms with Gasteiger partial charge in [-0.15, -0.1) is 0 Å². The molecule has 0 amide bonds. The van der Waals surface area contributed by atoms with Crippen molar-refractivity contribution in [3.63, 3.8) is 0 Å². The van der Waals surface area contributed by atoms with Crippen LogP contribution in [0.4, 0.5) is 0 Å². The molecule has 4 nitrogen and oxygen atoms in total. The van der Waals surface area contributed by atoms with Crippen molar-refractivity contribution >= 4 is 9.84 Å². The first-order valence-corrected chi connectivity index (χ1v) is 9.21. The third-order valence-electron chi connectivity index (χ3n) is 3.97. The van der Waals surface area contributed by atoms with Gasteiger partial charge in [-0.2, -0.15) is 0 Å². The topological polar surface area (TPSA) is 49.4 Å². The van der Waals surface area contributed by atoms with Crippen molar-refractivity contribution < 1.29 is 8.42 Å². The van der Waals surface area contributed by atoms with Gasteiger partial charge < -0.3 is 5.32 Å². The number of nitrogens with zero attached hydrogens (tertiary/aromatic N) is 1. The molecule has 0 radical (unpaired) electrons. The zero-order valence-corrected chi connectivity index (χ0v) is 14.0. The summed E-state index contributed by atoms with van der Waals surface area (Å²) in [5, 5.41) is 3.27. The second-order valence-electron chi connectivity index (χ2n) is 6.68. The fourth-order valence-corrected chi connectivity index (χ4v) is 3.75. The van der Waals surface area contributed by atoms with Crippen LogP contribution in [0.25, 0.3) is 0 Å². The molecule has 1 aromatic carbocycles. The van der Waals surface area contributed by atoms with Gasteiger partial charge in [0.1, 0.15) is 0 Å². The normalized spacial score (nSPS) is 17.9. The summed E-state index contributed by atoms with van der Waals surface area (Å²) < 4.78 is 24.8. The Bertz CT molecular complexity index is 553. The summed E-state index contributed by atoms with van der Waals surface area (Å²) in [4.78, 5) is 2.64. The first-order chi connectivity index (χ1) is 9.79. The van der Waals surface area contributed by atoms with E-state index >= 15 is 0 Å². The fourth-order valence-electron chi connectivity index (χ4n) is 2.46. The lowest BCUT2D eigenvalue weighted by Gasteiger charge is -2.26. The molecule has 1 N–H and O–H groups in total. The Balaban J connectivity index is 2.01. The number of hydrogen-bond acceptors (Lipinski definition) is 4. The van der Waals surface area contributed by atoms with E-state index in [2.05, 4.69) is 31.0 Å². The van der Waals surface area contributed by atoms with Gasteiger partial charge in [-0.05, 0) is 23.1 Å². The van der Waals surface area contributed by atoms with E-state index in [9.17, 15) is 8.42 Å². The van der Waals surface area contributed by atoms with Gasteiger partial charge in [-0.3, -0.25) is 4.90 Å². The summed E-state index contributed by atoms with van der Waals surface area (Å²) in [6.07, 6.45) is 0. The average molecular weight is 310 g/mol. The number of benzene rings is 1. The lowest BCUT2D eigenvalue weighted by molar-refractivity contribution is 0.254. The summed E-state index contributed by atoms with van der Waals surface area (Å²) >= 11 is 0. The molecule has 1 fully saturated rings. The Labute approximate surface area is 128 Å². The smallest absolute Gasteiger partial charge is 0.179 e. The van der Waals surface area contributed by atoms with Crippen molar-refractivity contribution in [1.29, 1.82) is 0 Å². The van der Waals surface area contributed by atoms with Gasteiger partial charge in [-0.1, -0.05) is 32.9 Å². The van der Waals surface area contributed by atoms with Gasteiger partial charge >= 0.3 is 0 Å². The van der Waals surface area contributed by atoms with E-state index in [0.717, 1.165) is 31.7 Å². The van der Waals surface area contributed by atoms with E-state index in [1.807, 2.05) is 12.1 Å². The van der Waals surface area contributed by atoms with E-state index in [0.29, 0.717) is 11.4 Å². The highest BCUT2D eigenvalue weighted by atomic mass is 32.2. The molecular formula is C16H26N2O2S. The molecule has 0 spiro atoms. The maximum Gasteiger partial charge on any atom is 0.179 e. The van der Waals surface area contributed by atoms with E-state index < -0.39 is 9.84 Å². The summed E-state index contributed by atoms with van der Waals surface area (Å²) in [6.45, 7) is 10.7. The highest BCUT2D eigenvalue weighted by Crippen LogP contribution is 2.23. The van der Waals surface area contributed by atoms with E-state index in [1.54, 1.807) is 12.1 Å². The number of rotatable bonds is 4. The first kappa shape index (κ1) is 16.5. The minimum Gasteiger partial charge on any atom is -0.314 e. The molecule has 0 aliphatic carbocycles. The summed E-state index contributed by atoms with van der Waals surface area (Å²) in [5.41, 5.74) is 1.20. The quantitative estimate of drug-likeness (QED) is 0.919. The molecule has 1 aromatic rings. The standard InChI is InChI=1S/C16H26N2O2S/c1-16(2,3)14-4-6-15(7-5-14)21(19,20)13-12-18-10-8-17-9-11-18/h4-7,17H,8-13H2,1-3H3. The van der Waals surface area contributed by atoms with Gasteiger partial charge in [0.15, 0.2) is 9.84 Å². The predicted molar refractivity (Wildman–Crippen MR) is 86.5 cm³/mol. The van der Waals surface area contributed by atoms with E-state index in [1.165, 1.54) is 0 Å². The highest BCUT2D eigenvalue weighted by molar-refractivity contribution is 7.91. The van der Waals surface area contributed by atoms with Gasteiger partial charge in [-0.25, -0.2) is 8.42 Å². The van der Waals surface area contributed by atoms with E-state index in [4.69, 9.17) is 0 Å². The van der Waals surface area contributed by atoms with Crippen LogP contribution in [0, 0.1) is 0 Å². The van der Waals surface area contributed by atoms with Crippen molar-refractivity contribution in [2.75, 3.05) is 38.5 Å². The Morgan fingerprint density at radius 1 is 1.10 bits per heavy atom. The minimum absolute atomic E-state index is 0.0447. The minimum atomic E-state index is -3.18. The number of nitrogens with one attached hydrogen (secondary N) is 1. The average Bonchev–Trinajstić information content (AvgIpc) is 2.46. The van der Waals surface area contributed by atoms with Crippen molar-refractivity contribution in [2.24, 2.45) is 0 Å². The molecule has 1 heterocycles. The van der Waals surface area contributed by atoms with Crippen LogP contribution in [0.15, 0.2) is 29.2 Å². The third-order valence-corrected chi connectivity index (χ3v) is 5.68. The maximum absolute atomic E-state index is 12.4. The Morgan fingerprint density at radius 2 is 1.67 bits per heavy atom. The lowest BCUT2D eigenvalue weighted by Crippen LogP contribution is -2.45. The molecule has 1 saturated heterocycles. The second-order valence-corrected chi connectivity index (χ2v) is 8.79. The lowest BCUT2D eigenvalue weighted by atomic mass is 9.87. The Morgan fingerprint density at radius 3 is 2.19 bits per heavy atom. The molecule has 5 heteroatoms. The van der Waals surface area contributed by atoms with Crippen molar-refractivity contribution in [3.8, 4) is 0 Å². The SMILES string of the molecule is CC(C)(C)c1ccc(S(=O)(=O)CCN2CCNCC2)cc1. The van der Waals surface area contributed by atoms with Crippen LogP contribution >= 0.6 is 0 Å². The van der Waals surface area contributed by atoms with Crippen LogP contribution in [0.2, 0.25) is 0 Å². The molecule has 2 rings (SSSR count). The third kappa shape index (κ3) is 4.53. The fraction of sp³-hybridized carbons (Fsp3) is 0.625. The van der Waals surface area contributed by atoms with Crippen LogP contribution < -0.4 is 5.32 Å². The zero-order valence-electron chi connectivity index (χ0n) is 13.2. The molecule has 1 aliphatic rings. The Kier molecular flexibility index (Phi) is 5.07. The molecule has 0 unspecified atom stereocenters. The monoisotopic (exact) mass is 310 g/mol. The first-order valence-electron chi connectivity index (χ1n) is 7.55. The number of piperazine rings is 1. The van der Waals surface area contributed by atoms with Crippen LogP contribution in [0.1, 0.15) is 26.3 Å². The van der Waals surface area contributed by atoms with Crippen LogP contribution in [0.5, 0.6) is 0 Å².